The SMILES string of the molecule is CC1CCCN1.[K]. The van der Waals surface area contributed by atoms with Crippen molar-refractivity contribution in [1.82, 2.24) is 5.32 Å². The van der Waals surface area contributed by atoms with Gasteiger partial charge in [-0.1, -0.05) is 0 Å². The van der Waals surface area contributed by atoms with E-state index in [9.17, 15) is 0 Å². The maximum atomic E-state index is 3.32. The van der Waals surface area contributed by atoms with Gasteiger partial charge in [0, 0.05) is 57.4 Å². The largest absolute Gasteiger partial charge is 0.314 e. The molecule has 1 N–H and O–H groups in total. The molecule has 1 aliphatic heterocycles. The van der Waals surface area contributed by atoms with E-state index in [1.54, 1.807) is 0 Å². The summed E-state index contributed by atoms with van der Waals surface area (Å²) in [6, 6.07) is 0.796. The van der Waals surface area contributed by atoms with E-state index in [4.69, 9.17) is 0 Å². The van der Waals surface area contributed by atoms with Gasteiger partial charge in [0.1, 0.15) is 0 Å². The van der Waals surface area contributed by atoms with Crippen molar-refractivity contribution in [3.8, 4) is 0 Å². The van der Waals surface area contributed by atoms with Crippen molar-refractivity contribution in [1.29, 1.82) is 0 Å². The monoisotopic (exact) mass is 124 g/mol. The van der Waals surface area contributed by atoms with Crippen molar-refractivity contribution >= 4 is 51.4 Å². The molecule has 1 nitrogen and oxygen atoms in total. The molecule has 0 amide bonds. The molecule has 0 aromatic carbocycles. The Kier molecular flexibility index (Phi) is 5.49. The average molecular weight is 124 g/mol. The van der Waals surface area contributed by atoms with Crippen LogP contribution >= 0.6 is 0 Å². The molecule has 1 heterocycles. The Labute approximate surface area is 87.7 Å². The van der Waals surface area contributed by atoms with E-state index in [-0.39, 0.29) is 51.4 Å². The zero-order valence-electron chi connectivity index (χ0n) is 5.20. The van der Waals surface area contributed by atoms with Gasteiger partial charge in [0.25, 0.3) is 0 Å². The Balaban J connectivity index is 0.000000360. The molecule has 1 atom stereocenters. The second-order valence-electron chi connectivity index (χ2n) is 2.00. The summed E-state index contributed by atoms with van der Waals surface area (Å²) in [4.78, 5) is 0. The van der Waals surface area contributed by atoms with Crippen molar-refractivity contribution < 1.29 is 0 Å². The number of hydrogen-bond acceptors (Lipinski definition) is 1. The van der Waals surface area contributed by atoms with Crippen LogP contribution in [0.3, 0.4) is 0 Å². The van der Waals surface area contributed by atoms with Crippen molar-refractivity contribution in [3.05, 3.63) is 0 Å². The first kappa shape index (κ1) is 8.60. The number of rotatable bonds is 0. The fraction of sp³-hybridized carbons (Fsp3) is 1.00. The number of hydrogen-bond donors (Lipinski definition) is 1. The van der Waals surface area contributed by atoms with Crippen molar-refractivity contribution in [2.24, 2.45) is 0 Å². The predicted molar refractivity (Wildman–Crippen MR) is 32.5 cm³/mol. The molecule has 1 rings (SSSR count). The van der Waals surface area contributed by atoms with Crippen LogP contribution in [0.25, 0.3) is 0 Å². The molecule has 1 aliphatic rings. The third-order valence-corrected chi connectivity index (χ3v) is 1.31. The maximum absolute atomic E-state index is 3.32. The number of nitrogens with one attached hydrogen (secondary N) is 1. The summed E-state index contributed by atoms with van der Waals surface area (Å²) in [6.07, 6.45) is 2.75. The molecule has 1 fully saturated rings. The molecule has 0 aromatic heterocycles. The van der Waals surface area contributed by atoms with E-state index in [0.717, 1.165) is 6.04 Å². The zero-order chi connectivity index (χ0) is 4.41. The quantitative estimate of drug-likeness (QED) is 0.460. The standard InChI is InChI=1S/C5H11N.K/c1-5-3-2-4-6-5;/h5-6H,2-4H2,1H3;. The summed E-state index contributed by atoms with van der Waals surface area (Å²) in [5.41, 5.74) is 0. The second-order valence-corrected chi connectivity index (χ2v) is 2.00. The Bertz CT molecular complexity index is 41.3. The molecule has 7 heavy (non-hydrogen) atoms. The van der Waals surface area contributed by atoms with Crippen LogP contribution < -0.4 is 5.32 Å². The van der Waals surface area contributed by atoms with E-state index in [1.807, 2.05) is 0 Å². The van der Waals surface area contributed by atoms with Gasteiger partial charge in [-0.05, 0) is 26.3 Å². The molecule has 0 spiro atoms. The minimum absolute atomic E-state index is 0. The topological polar surface area (TPSA) is 12.0 Å². The molecule has 0 aliphatic carbocycles. The molecule has 1 saturated heterocycles. The van der Waals surface area contributed by atoms with E-state index in [0.29, 0.717) is 0 Å². The zero-order valence-corrected chi connectivity index (χ0v) is 8.32. The average Bonchev–Trinajstić information content (AvgIpc) is 1.86. The first-order valence-electron chi connectivity index (χ1n) is 2.63. The van der Waals surface area contributed by atoms with Gasteiger partial charge in [0.05, 0.1) is 0 Å². The summed E-state index contributed by atoms with van der Waals surface area (Å²) in [7, 11) is 0. The second kappa shape index (κ2) is 4.47. The molecule has 0 saturated carbocycles. The molecule has 1 unspecified atom stereocenters. The van der Waals surface area contributed by atoms with Gasteiger partial charge in [-0.25, -0.2) is 0 Å². The molecule has 1 radical (unpaired) electrons. The van der Waals surface area contributed by atoms with Gasteiger partial charge in [0.15, 0.2) is 0 Å². The summed E-state index contributed by atoms with van der Waals surface area (Å²) < 4.78 is 0. The van der Waals surface area contributed by atoms with E-state index >= 15 is 0 Å². The third-order valence-electron chi connectivity index (χ3n) is 1.31. The van der Waals surface area contributed by atoms with Crippen LogP contribution in [0.5, 0.6) is 0 Å². The molecule has 2 heteroatoms. The van der Waals surface area contributed by atoms with Gasteiger partial charge in [-0.3, -0.25) is 0 Å². The first-order chi connectivity index (χ1) is 2.89. The van der Waals surface area contributed by atoms with E-state index in [2.05, 4.69) is 12.2 Å². The van der Waals surface area contributed by atoms with Crippen molar-refractivity contribution in [3.63, 3.8) is 0 Å². The molecular weight excluding hydrogens is 113 g/mol. The Morgan fingerprint density at radius 2 is 2.29 bits per heavy atom. The molecule has 0 bridgehead atoms. The smallest absolute Gasteiger partial charge is 0.00391 e. The summed E-state index contributed by atoms with van der Waals surface area (Å²) in [6.45, 7) is 3.47. The van der Waals surface area contributed by atoms with Crippen LogP contribution in [0, 0.1) is 0 Å². The molecule has 0 aromatic rings. The van der Waals surface area contributed by atoms with Gasteiger partial charge in [-0.15, -0.1) is 0 Å². The first-order valence-corrected chi connectivity index (χ1v) is 2.63. The van der Waals surface area contributed by atoms with Crippen LogP contribution in [0.15, 0.2) is 0 Å². The Hall–Kier alpha value is 1.60. The summed E-state index contributed by atoms with van der Waals surface area (Å²) in [5.74, 6) is 0. The van der Waals surface area contributed by atoms with Gasteiger partial charge < -0.3 is 5.32 Å². The normalized spacial score (nSPS) is 29.6. The minimum atomic E-state index is 0. The van der Waals surface area contributed by atoms with Crippen molar-refractivity contribution in [2.45, 2.75) is 25.8 Å². The van der Waals surface area contributed by atoms with Crippen LogP contribution in [0.4, 0.5) is 0 Å². The van der Waals surface area contributed by atoms with Crippen molar-refractivity contribution in [2.75, 3.05) is 6.54 Å². The predicted octanol–water partition coefficient (Wildman–Crippen LogP) is 0.378. The summed E-state index contributed by atoms with van der Waals surface area (Å²) >= 11 is 0. The fourth-order valence-electron chi connectivity index (χ4n) is 0.859. The third kappa shape index (κ3) is 3.22. The van der Waals surface area contributed by atoms with Crippen LogP contribution in [0.1, 0.15) is 19.8 Å². The van der Waals surface area contributed by atoms with Gasteiger partial charge in [-0.2, -0.15) is 0 Å². The van der Waals surface area contributed by atoms with Crippen LogP contribution in [-0.4, -0.2) is 64.0 Å². The minimum Gasteiger partial charge on any atom is -0.314 e. The fourth-order valence-corrected chi connectivity index (χ4v) is 0.859. The maximum Gasteiger partial charge on any atom is 0.00391 e. The Morgan fingerprint density at radius 3 is 2.43 bits per heavy atom. The van der Waals surface area contributed by atoms with E-state index in [1.165, 1.54) is 19.4 Å². The van der Waals surface area contributed by atoms with Gasteiger partial charge in [0.2, 0.25) is 0 Å². The van der Waals surface area contributed by atoms with Gasteiger partial charge >= 0.3 is 0 Å². The Morgan fingerprint density at radius 1 is 1.57 bits per heavy atom. The van der Waals surface area contributed by atoms with Crippen LogP contribution in [0.2, 0.25) is 0 Å². The van der Waals surface area contributed by atoms with Crippen LogP contribution in [-0.2, 0) is 0 Å². The summed E-state index contributed by atoms with van der Waals surface area (Å²) in [5, 5.41) is 3.32. The molecular formula is C5H11KN. The molecule has 37 valence electrons. The van der Waals surface area contributed by atoms with E-state index < -0.39 is 0 Å².